The Morgan fingerprint density at radius 3 is 2.38 bits per heavy atom. The van der Waals surface area contributed by atoms with Gasteiger partial charge in [-0.1, -0.05) is 30.3 Å². The molecule has 0 aliphatic rings. The van der Waals surface area contributed by atoms with Crippen molar-refractivity contribution in [3.63, 3.8) is 0 Å². The number of ether oxygens (including phenoxy) is 1. The molecule has 0 saturated heterocycles. The van der Waals surface area contributed by atoms with Crippen molar-refractivity contribution in [3.05, 3.63) is 60.4 Å². The van der Waals surface area contributed by atoms with Crippen LogP contribution in [0.3, 0.4) is 0 Å². The Labute approximate surface area is 123 Å². The van der Waals surface area contributed by atoms with Crippen molar-refractivity contribution in [2.24, 2.45) is 7.05 Å². The normalized spacial score (nSPS) is 10.6. The third kappa shape index (κ3) is 2.60. The van der Waals surface area contributed by atoms with E-state index < -0.39 is 0 Å². The molecule has 0 fully saturated rings. The fraction of sp³-hybridized carbons (Fsp3) is 0.118. The zero-order chi connectivity index (χ0) is 14.8. The van der Waals surface area contributed by atoms with Crippen LogP contribution < -0.4 is 10.5 Å². The quantitative estimate of drug-likeness (QED) is 0.794. The van der Waals surface area contributed by atoms with Crippen LogP contribution in [-0.2, 0) is 7.05 Å². The number of aryl methyl sites for hydroxylation is 1. The molecular formula is C17H17N3O. The zero-order valence-corrected chi connectivity index (χ0v) is 12.1. The number of hydrogen-bond donors (Lipinski definition) is 1. The van der Waals surface area contributed by atoms with E-state index in [0.29, 0.717) is 5.82 Å². The summed E-state index contributed by atoms with van der Waals surface area (Å²) in [5.74, 6) is 3.11. The monoisotopic (exact) mass is 279 g/mol. The van der Waals surface area contributed by atoms with Gasteiger partial charge in [-0.15, -0.1) is 0 Å². The first kappa shape index (κ1) is 13.2. The van der Waals surface area contributed by atoms with Gasteiger partial charge in [-0.2, -0.15) is 0 Å². The summed E-state index contributed by atoms with van der Waals surface area (Å²) >= 11 is 0. The predicted octanol–water partition coefficient (Wildman–Crippen LogP) is 3.77. The van der Waals surface area contributed by atoms with E-state index in [1.54, 1.807) is 0 Å². The Bertz CT molecular complexity index is 763. The molecule has 0 atom stereocenters. The van der Waals surface area contributed by atoms with E-state index in [2.05, 4.69) is 4.98 Å². The smallest absolute Gasteiger partial charge is 0.131 e. The van der Waals surface area contributed by atoms with Gasteiger partial charge in [0.2, 0.25) is 0 Å². The van der Waals surface area contributed by atoms with Crippen LogP contribution in [0, 0.1) is 6.92 Å². The van der Waals surface area contributed by atoms with Crippen molar-refractivity contribution in [2.45, 2.75) is 6.92 Å². The number of nitrogens with two attached hydrogens (primary N) is 1. The minimum Gasteiger partial charge on any atom is -0.457 e. The standard InChI is InChI=1S/C17H17N3O/c1-12-19-16(17(18)20(12)2)13-7-6-10-15(11-13)21-14-8-4-3-5-9-14/h3-11H,18H2,1-2H3. The molecule has 1 aromatic heterocycles. The summed E-state index contributed by atoms with van der Waals surface area (Å²) in [4.78, 5) is 4.51. The number of nitrogens with zero attached hydrogens (tertiary/aromatic N) is 2. The number of benzene rings is 2. The van der Waals surface area contributed by atoms with Crippen LogP contribution in [0.15, 0.2) is 54.6 Å². The van der Waals surface area contributed by atoms with Gasteiger partial charge < -0.3 is 15.0 Å². The second kappa shape index (κ2) is 5.32. The molecule has 0 unspecified atom stereocenters. The van der Waals surface area contributed by atoms with Crippen LogP contribution in [0.4, 0.5) is 5.82 Å². The Morgan fingerprint density at radius 2 is 1.71 bits per heavy atom. The lowest BCUT2D eigenvalue weighted by Crippen LogP contribution is -1.98. The molecule has 3 rings (SSSR count). The Hall–Kier alpha value is -2.75. The fourth-order valence-electron chi connectivity index (χ4n) is 2.17. The average Bonchev–Trinajstić information content (AvgIpc) is 2.76. The topological polar surface area (TPSA) is 53.1 Å². The Morgan fingerprint density at radius 1 is 1.00 bits per heavy atom. The molecule has 4 nitrogen and oxygen atoms in total. The van der Waals surface area contributed by atoms with Crippen LogP contribution in [-0.4, -0.2) is 9.55 Å². The molecule has 2 N–H and O–H groups in total. The molecule has 0 aliphatic carbocycles. The molecule has 3 aromatic rings. The lowest BCUT2D eigenvalue weighted by atomic mass is 10.1. The van der Waals surface area contributed by atoms with Crippen LogP contribution in [0.2, 0.25) is 0 Å². The average molecular weight is 279 g/mol. The number of para-hydroxylation sites is 1. The summed E-state index contributed by atoms with van der Waals surface area (Å²) in [6.07, 6.45) is 0. The maximum absolute atomic E-state index is 6.10. The second-order valence-electron chi connectivity index (χ2n) is 4.89. The van der Waals surface area contributed by atoms with Gasteiger partial charge in [-0.25, -0.2) is 4.98 Å². The third-order valence-corrected chi connectivity index (χ3v) is 3.45. The number of imidazole rings is 1. The van der Waals surface area contributed by atoms with Crippen LogP contribution in [0.1, 0.15) is 5.82 Å². The fourth-order valence-corrected chi connectivity index (χ4v) is 2.17. The molecular weight excluding hydrogens is 262 g/mol. The van der Waals surface area contributed by atoms with E-state index in [9.17, 15) is 0 Å². The van der Waals surface area contributed by atoms with Gasteiger partial charge in [0.25, 0.3) is 0 Å². The van der Waals surface area contributed by atoms with Crippen LogP contribution in [0.25, 0.3) is 11.3 Å². The van der Waals surface area contributed by atoms with Crippen molar-refractivity contribution < 1.29 is 4.74 Å². The SMILES string of the molecule is Cc1nc(-c2cccc(Oc3ccccc3)c2)c(N)n1C. The van der Waals surface area contributed by atoms with Crippen LogP contribution >= 0.6 is 0 Å². The minimum atomic E-state index is 0.657. The maximum Gasteiger partial charge on any atom is 0.131 e. The number of anilines is 1. The first-order valence-electron chi connectivity index (χ1n) is 6.77. The van der Waals surface area contributed by atoms with Gasteiger partial charge >= 0.3 is 0 Å². The molecule has 0 amide bonds. The van der Waals surface area contributed by atoms with E-state index in [1.165, 1.54) is 0 Å². The first-order chi connectivity index (χ1) is 10.1. The summed E-state index contributed by atoms with van der Waals surface area (Å²) in [6, 6.07) is 17.5. The van der Waals surface area contributed by atoms with E-state index in [-0.39, 0.29) is 0 Å². The summed E-state index contributed by atoms with van der Waals surface area (Å²) in [6.45, 7) is 1.93. The van der Waals surface area contributed by atoms with Crippen LogP contribution in [0.5, 0.6) is 11.5 Å². The highest BCUT2D eigenvalue weighted by Crippen LogP contribution is 2.30. The summed E-state index contributed by atoms with van der Waals surface area (Å²) in [5, 5.41) is 0. The van der Waals surface area contributed by atoms with E-state index in [1.807, 2.05) is 73.1 Å². The molecule has 0 aliphatic heterocycles. The number of rotatable bonds is 3. The van der Waals surface area contributed by atoms with E-state index in [0.717, 1.165) is 28.6 Å². The van der Waals surface area contributed by atoms with E-state index in [4.69, 9.17) is 10.5 Å². The van der Waals surface area contributed by atoms with Gasteiger partial charge in [0.05, 0.1) is 0 Å². The Balaban J connectivity index is 1.95. The molecule has 1 heterocycles. The van der Waals surface area contributed by atoms with Gasteiger partial charge in [-0.3, -0.25) is 0 Å². The third-order valence-electron chi connectivity index (χ3n) is 3.45. The number of aromatic nitrogens is 2. The predicted molar refractivity (Wildman–Crippen MR) is 84.3 cm³/mol. The number of nitrogen functional groups attached to an aromatic ring is 1. The van der Waals surface area contributed by atoms with Gasteiger partial charge in [0.1, 0.15) is 28.8 Å². The van der Waals surface area contributed by atoms with Crippen molar-refractivity contribution in [3.8, 4) is 22.8 Å². The summed E-state index contributed by atoms with van der Waals surface area (Å²) in [5.41, 5.74) is 7.83. The van der Waals surface area contributed by atoms with Crippen molar-refractivity contribution in [2.75, 3.05) is 5.73 Å². The molecule has 0 saturated carbocycles. The molecule has 4 heteroatoms. The van der Waals surface area contributed by atoms with Crippen molar-refractivity contribution in [1.82, 2.24) is 9.55 Å². The number of hydrogen-bond acceptors (Lipinski definition) is 3. The highest BCUT2D eigenvalue weighted by molar-refractivity contribution is 5.72. The molecule has 0 radical (unpaired) electrons. The zero-order valence-electron chi connectivity index (χ0n) is 12.1. The van der Waals surface area contributed by atoms with Gasteiger partial charge in [0.15, 0.2) is 0 Å². The molecule has 0 bridgehead atoms. The molecule has 0 spiro atoms. The maximum atomic E-state index is 6.10. The van der Waals surface area contributed by atoms with Crippen molar-refractivity contribution >= 4 is 5.82 Å². The van der Waals surface area contributed by atoms with Crippen molar-refractivity contribution in [1.29, 1.82) is 0 Å². The minimum absolute atomic E-state index is 0.657. The summed E-state index contributed by atoms with van der Waals surface area (Å²) < 4.78 is 7.72. The highest BCUT2D eigenvalue weighted by Gasteiger charge is 2.11. The van der Waals surface area contributed by atoms with Gasteiger partial charge in [0, 0.05) is 12.6 Å². The lowest BCUT2D eigenvalue weighted by molar-refractivity contribution is 0.483. The molecule has 2 aromatic carbocycles. The molecule has 21 heavy (non-hydrogen) atoms. The Kier molecular flexibility index (Phi) is 3.36. The van der Waals surface area contributed by atoms with Gasteiger partial charge in [-0.05, 0) is 31.2 Å². The lowest BCUT2D eigenvalue weighted by Gasteiger charge is -2.07. The second-order valence-corrected chi connectivity index (χ2v) is 4.89. The first-order valence-corrected chi connectivity index (χ1v) is 6.77. The largest absolute Gasteiger partial charge is 0.457 e. The molecule has 106 valence electrons. The van der Waals surface area contributed by atoms with E-state index >= 15 is 0 Å². The highest BCUT2D eigenvalue weighted by atomic mass is 16.5. The summed E-state index contributed by atoms with van der Waals surface area (Å²) in [7, 11) is 1.91.